The number of halogens is 1. The van der Waals surface area contributed by atoms with Crippen molar-refractivity contribution in [1.82, 2.24) is 15.5 Å². The minimum Gasteiger partial charge on any atom is -0.411 e. The van der Waals surface area contributed by atoms with Crippen molar-refractivity contribution < 1.29 is 9.21 Å². The molecule has 140 valence electrons. The van der Waals surface area contributed by atoms with Crippen LogP contribution in [0.2, 0.25) is 5.02 Å². The standard InChI is InChI=1S/C20H20ClN3O2S/c1-3-17(14-6-4-13(2)5-7-14)22-18(25)12-27-20-24-23-19(26-20)15-8-10-16(21)11-9-15/h4-11,17H,3,12H2,1-2H3,(H,22,25). The fraction of sp³-hybridized carbons (Fsp3) is 0.250. The van der Waals surface area contributed by atoms with Crippen LogP contribution in [0.4, 0.5) is 0 Å². The van der Waals surface area contributed by atoms with E-state index in [1.807, 2.05) is 38.1 Å². The average Bonchev–Trinajstić information content (AvgIpc) is 3.15. The molecule has 1 aromatic heterocycles. The summed E-state index contributed by atoms with van der Waals surface area (Å²) in [7, 11) is 0. The summed E-state index contributed by atoms with van der Waals surface area (Å²) >= 11 is 7.10. The Bertz CT molecular complexity index is 894. The second-order valence-electron chi connectivity index (χ2n) is 6.11. The zero-order valence-electron chi connectivity index (χ0n) is 15.1. The van der Waals surface area contributed by atoms with Gasteiger partial charge in [0.05, 0.1) is 11.8 Å². The molecule has 0 aliphatic carbocycles. The van der Waals surface area contributed by atoms with E-state index in [1.165, 1.54) is 17.3 Å². The maximum Gasteiger partial charge on any atom is 0.277 e. The van der Waals surface area contributed by atoms with Gasteiger partial charge in [-0.3, -0.25) is 4.79 Å². The number of nitrogens with one attached hydrogen (secondary N) is 1. The number of rotatable bonds is 7. The molecule has 3 rings (SSSR count). The van der Waals surface area contributed by atoms with Crippen molar-refractivity contribution in [2.24, 2.45) is 0 Å². The van der Waals surface area contributed by atoms with Gasteiger partial charge in [-0.25, -0.2) is 0 Å². The van der Waals surface area contributed by atoms with Crippen LogP contribution in [0.15, 0.2) is 58.2 Å². The summed E-state index contributed by atoms with van der Waals surface area (Å²) in [4.78, 5) is 12.3. The van der Waals surface area contributed by atoms with Crippen molar-refractivity contribution in [3.8, 4) is 11.5 Å². The summed E-state index contributed by atoms with van der Waals surface area (Å²) in [5, 5.41) is 12.1. The highest BCUT2D eigenvalue weighted by atomic mass is 35.5. The first kappa shape index (κ1) is 19.5. The first-order chi connectivity index (χ1) is 13.0. The van der Waals surface area contributed by atoms with E-state index in [2.05, 4.69) is 27.6 Å². The second kappa shape index (κ2) is 9.06. The van der Waals surface area contributed by atoms with E-state index < -0.39 is 0 Å². The first-order valence-electron chi connectivity index (χ1n) is 8.63. The van der Waals surface area contributed by atoms with Crippen LogP contribution >= 0.6 is 23.4 Å². The molecule has 27 heavy (non-hydrogen) atoms. The van der Waals surface area contributed by atoms with Gasteiger partial charge in [0.2, 0.25) is 11.8 Å². The summed E-state index contributed by atoms with van der Waals surface area (Å²) in [5.41, 5.74) is 3.08. The Morgan fingerprint density at radius 2 is 1.85 bits per heavy atom. The lowest BCUT2D eigenvalue weighted by molar-refractivity contribution is -0.119. The molecule has 0 aliphatic heterocycles. The Morgan fingerprint density at radius 3 is 2.52 bits per heavy atom. The molecule has 0 aliphatic rings. The second-order valence-corrected chi connectivity index (χ2v) is 7.47. The molecule has 0 radical (unpaired) electrons. The Labute approximate surface area is 167 Å². The molecule has 0 spiro atoms. The normalized spacial score (nSPS) is 12.0. The molecule has 2 aromatic carbocycles. The molecule has 0 saturated heterocycles. The van der Waals surface area contributed by atoms with Crippen LogP contribution in [-0.4, -0.2) is 21.9 Å². The van der Waals surface area contributed by atoms with Gasteiger partial charge in [0, 0.05) is 10.6 Å². The van der Waals surface area contributed by atoms with Gasteiger partial charge in [0.25, 0.3) is 5.22 Å². The number of carbonyl (C=O) groups excluding carboxylic acids is 1. The van der Waals surface area contributed by atoms with Crippen LogP contribution in [0, 0.1) is 6.92 Å². The fourth-order valence-corrected chi connectivity index (χ4v) is 3.26. The lowest BCUT2D eigenvalue weighted by Gasteiger charge is -2.17. The van der Waals surface area contributed by atoms with Gasteiger partial charge in [-0.2, -0.15) is 0 Å². The minimum absolute atomic E-state index is 0.00832. The number of amides is 1. The van der Waals surface area contributed by atoms with E-state index in [4.69, 9.17) is 16.0 Å². The maximum atomic E-state index is 12.3. The minimum atomic E-state index is -0.0707. The Kier molecular flexibility index (Phi) is 6.53. The molecule has 1 heterocycles. The number of benzene rings is 2. The van der Waals surface area contributed by atoms with Gasteiger partial charge in [-0.05, 0) is 43.2 Å². The van der Waals surface area contributed by atoms with Crippen LogP contribution in [0.3, 0.4) is 0 Å². The van der Waals surface area contributed by atoms with Gasteiger partial charge < -0.3 is 9.73 Å². The van der Waals surface area contributed by atoms with Gasteiger partial charge in [0.15, 0.2) is 0 Å². The molecule has 0 bridgehead atoms. The number of hydrogen-bond donors (Lipinski definition) is 1. The first-order valence-corrected chi connectivity index (χ1v) is 9.99. The van der Waals surface area contributed by atoms with E-state index in [-0.39, 0.29) is 17.7 Å². The van der Waals surface area contributed by atoms with Gasteiger partial charge in [-0.15, -0.1) is 10.2 Å². The van der Waals surface area contributed by atoms with Gasteiger partial charge in [-0.1, -0.05) is 60.1 Å². The van der Waals surface area contributed by atoms with Crippen molar-refractivity contribution in [2.45, 2.75) is 31.5 Å². The molecule has 1 unspecified atom stereocenters. The molecule has 1 atom stereocenters. The van der Waals surface area contributed by atoms with Crippen LogP contribution in [0.5, 0.6) is 0 Å². The van der Waals surface area contributed by atoms with Crippen molar-refractivity contribution in [3.05, 3.63) is 64.7 Å². The van der Waals surface area contributed by atoms with Crippen molar-refractivity contribution in [2.75, 3.05) is 5.75 Å². The number of carbonyl (C=O) groups is 1. The van der Waals surface area contributed by atoms with Crippen molar-refractivity contribution in [1.29, 1.82) is 0 Å². The highest BCUT2D eigenvalue weighted by Crippen LogP contribution is 2.24. The summed E-state index contributed by atoms with van der Waals surface area (Å²) in [5.74, 6) is 0.546. The maximum absolute atomic E-state index is 12.3. The van der Waals surface area contributed by atoms with Crippen LogP contribution in [-0.2, 0) is 4.79 Å². The van der Waals surface area contributed by atoms with E-state index in [0.717, 1.165) is 17.5 Å². The third kappa shape index (κ3) is 5.34. The molecule has 0 fully saturated rings. The number of thioether (sulfide) groups is 1. The molecular formula is C20H20ClN3O2S. The van der Waals surface area contributed by atoms with E-state index in [1.54, 1.807) is 12.1 Å². The van der Waals surface area contributed by atoms with Gasteiger partial charge in [0.1, 0.15) is 0 Å². The molecule has 7 heteroatoms. The topological polar surface area (TPSA) is 68.0 Å². The zero-order valence-corrected chi connectivity index (χ0v) is 16.7. The van der Waals surface area contributed by atoms with Crippen molar-refractivity contribution >= 4 is 29.3 Å². The van der Waals surface area contributed by atoms with Crippen LogP contribution in [0.1, 0.15) is 30.5 Å². The summed E-state index contributed by atoms with van der Waals surface area (Å²) in [6.45, 7) is 4.09. The zero-order chi connectivity index (χ0) is 19.2. The van der Waals surface area contributed by atoms with Crippen molar-refractivity contribution in [3.63, 3.8) is 0 Å². The predicted octanol–water partition coefficient (Wildman–Crippen LogP) is 5.06. The smallest absolute Gasteiger partial charge is 0.277 e. The van der Waals surface area contributed by atoms with Crippen LogP contribution in [0.25, 0.3) is 11.5 Å². The summed E-state index contributed by atoms with van der Waals surface area (Å²) in [6.07, 6.45) is 0.820. The van der Waals surface area contributed by atoms with Gasteiger partial charge >= 0.3 is 0 Å². The van der Waals surface area contributed by atoms with E-state index in [9.17, 15) is 4.79 Å². The average molecular weight is 402 g/mol. The SMILES string of the molecule is CCC(NC(=O)CSc1nnc(-c2ccc(Cl)cc2)o1)c1ccc(C)cc1. The van der Waals surface area contributed by atoms with E-state index >= 15 is 0 Å². The number of nitrogens with zero attached hydrogens (tertiary/aromatic N) is 2. The lowest BCUT2D eigenvalue weighted by atomic mass is 10.0. The molecule has 1 amide bonds. The molecule has 3 aromatic rings. The summed E-state index contributed by atoms with van der Waals surface area (Å²) in [6, 6.07) is 15.3. The third-order valence-corrected chi connectivity index (χ3v) is 5.12. The Balaban J connectivity index is 1.55. The monoisotopic (exact) mass is 401 g/mol. The molecule has 1 N–H and O–H groups in total. The molecule has 5 nitrogen and oxygen atoms in total. The Hall–Kier alpha value is -2.31. The van der Waals surface area contributed by atoms with Crippen LogP contribution < -0.4 is 5.32 Å². The largest absolute Gasteiger partial charge is 0.411 e. The highest BCUT2D eigenvalue weighted by molar-refractivity contribution is 7.99. The van der Waals surface area contributed by atoms with E-state index in [0.29, 0.717) is 16.1 Å². The fourth-order valence-electron chi connectivity index (χ4n) is 2.56. The quantitative estimate of drug-likeness (QED) is 0.560. The summed E-state index contributed by atoms with van der Waals surface area (Å²) < 4.78 is 5.61. The highest BCUT2D eigenvalue weighted by Gasteiger charge is 2.15. The number of aromatic nitrogens is 2. The number of aryl methyl sites for hydroxylation is 1. The predicted molar refractivity (Wildman–Crippen MR) is 108 cm³/mol. The lowest BCUT2D eigenvalue weighted by Crippen LogP contribution is -2.29. The Morgan fingerprint density at radius 1 is 1.15 bits per heavy atom. The molecular weight excluding hydrogens is 382 g/mol. The number of hydrogen-bond acceptors (Lipinski definition) is 5. The third-order valence-electron chi connectivity index (χ3n) is 4.05. The molecule has 0 saturated carbocycles.